The first-order valence-corrected chi connectivity index (χ1v) is 10.1. The Bertz CT molecular complexity index is 961. The van der Waals surface area contributed by atoms with Crippen molar-refractivity contribution in [1.29, 1.82) is 0 Å². The average molecular weight is 396 g/mol. The molecule has 2 aromatic rings. The fourth-order valence-electron chi connectivity index (χ4n) is 2.58. The van der Waals surface area contributed by atoms with Crippen LogP contribution < -0.4 is 9.62 Å². The highest BCUT2D eigenvalue weighted by Crippen LogP contribution is 2.21. The van der Waals surface area contributed by atoms with Crippen LogP contribution in [-0.2, 0) is 14.8 Å². The highest BCUT2D eigenvalue weighted by Gasteiger charge is 2.23. The van der Waals surface area contributed by atoms with Gasteiger partial charge >= 0.3 is 0 Å². The Morgan fingerprint density at radius 2 is 1.74 bits per heavy atom. The van der Waals surface area contributed by atoms with Gasteiger partial charge in [0.2, 0.25) is 15.9 Å². The molecule has 0 aliphatic heterocycles. The van der Waals surface area contributed by atoms with Gasteiger partial charge in [-0.3, -0.25) is 9.10 Å². The number of anilines is 1. The summed E-state index contributed by atoms with van der Waals surface area (Å²) in [4.78, 5) is 12.4. The summed E-state index contributed by atoms with van der Waals surface area (Å²) in [7, 11) is -3.87. The van der Waals surface area contributed by atoms with E-state index in [4.69, 9.17) is 0 Å². The van der Waals surface area contributed by atoms with Gasteiger partial charge in [-0.25, -0.2) is 17.2 Å². The number of halogens is 2. The highest BCUT2D eigenvalue weighted by atomic mass is 32.2. The first-order valence-electron chi connectivity index (χ1n) is 8.28. The molecule has 0 spiro atoms. The van der Waals surface area contributed by atoms with E-state index in [0.29, 0.717) is 0 Å². The summed E-state index contributed by atoms with van der Waals surface area (Å²) in [5, 5.41) is 2.73. The fraction of sp³-hybridized carbons (Fsp3) is 0.316. The molecule has 27 heavy (non-hydrogen) atoms. The Kier molecular flexibility index (Phi) is 6.20. The van der Waals surface area contributed by atoms with Gasteiger partial charge in [0.15, 0.2) is 11.6 Å². The Morgan fingerprint density at radius 3 is 2.30 bits per heavy atom. The molecule has 1 amide bonds. The van der Waals surface area contributed by atoms with Gasteiger partial charge in [-0.2, -0.15) is 0 Å². The molecule has 8 heteroatoms. The van der Waals surface area contributed by atoms with Crippen molar-refractivity contribution in [3.8, 4) is 0 Å². The standard InChI is InChI=1S/C19H22F2N2O3S/c1-12-5-6-15(9-13(12)2)14(3)22-19(24)11-23(27(4,25)26)16-7-8-17(20)18(21)10-16/h5-10,14H,11H2,1-4H3,(H,22,24)/t14-/m1/s1. The van der Waals surface area contributed by atoms with Crippen molar-refractivity contribution in [2.45, 2.75) is 26.8 Å². The number of amides is 1. The normalized spacial score (nSPS) is 12.5. The molecule has 0 aromatic heterocycles. The molecule has 0 aliphatic rings. The number of benzene rings is 2. The molecule has 0 fully saturated rings. The highest BCUT2D eigenvalue weighted by molar-refractivity contribution is 7.92. The van der Waals surface area contributed by atoms with E-state index in [2.05, 4.69) is 5.32 Å². The van der Waals surface area contributed by atoms with Gasteiger partial charge in [-0.15, -0.1) is 0 Å². The molecule has 1 N–H and O–H groups in total. The summed E-state index contributed by atoms with van der Waals surface area (Å²) in [6, 6.07) is 8.11. The van der Waals surface area contributed by atoms with Crippen molar-refractivity contribution < 1.29 is 22.0 Å². The van der Waals surface area contributed by atoms with Crippen molar-refractivity contribution in [1.82, 2.24) is 5.32 Å². The topological polar surface area (TPSA) is 66.5 Å². The molecule has 2 rings (SSSR count). The minimum Gasteiger partial charge on any atom is -0.348 e. The molecule has 2 aromatic carbocycles. The monoisotopic (exact) mass is 396 g/mol. The minimum absolute atomic E-state index is 0.120. The van der Waals surface area contributed by atoms with Crippen LogP contribution in [0.2, 0.25) is 0 Å². The Labute approximate surface area is 158 Å². The van der Waals surface area contributed by atoms with E-state index < -0.39 is 34.1 Å². The van der Waals surface area contributed by atoms with Crippen LogP contribution in [0.5, 0.6) is 0 Å². The summed E-state index contributed by atoms with van der Waals surface area (Å²) >= 11 is 0. The van der Waals surface area contributed by atoms with Gasteiger partial charge in [0.1, 0.15) is 6.54 Å². The number of hydrogen-bond acceptors (Lipinski definition) is 3. The Morgan fingerprint density at radius 1 is 1.07 bits per heavy atom. The molecular weight excluding hydrogens is 374 g/mol. The lowest BCUT2D eigenvalue weighted by Gasteiger charge is -2.23. The molecule has 0 heterocycles. The van der Waals surface area contributed by atoms with Gasteiger partial charge < -0.3 is 5.32 Å². The van der Waals surface area contributed by atoms with Crippen molar-refractivity contribution in [3.05, 3.63) is 64.7 Å². The van der Waals surface area contributed by atoms with E-state index in [1.165, 1.54) is 0 Å². The third-order valence-corrected chi connectivity index (χ3v) is 5.43. The first-order chi connectivity index (χ1) is 12.5. The Hall–Kier alpha value is -2.48. The number of rotatable bonds is 6. The third kappa shape index (κ3) is 5.26. The lowest BCUT2D eigenvalue weighted by molar-refractivity contribution is -0.120. The molecule has 146 valence electrons. The first kappa shape index (κ1) is 20.8. The molecule has 1 atom stereocenters. The van der Waals surface area contributed by atoms with E-state index in [1.807, 2.05) is 32.0 Å². The largest absolute Gasteiger partial charge is 0.348 e. The third-order valence-electron chi connectivity index (χ3n) is 4.29. The van der Waals surface area contributed by atoms with Gasteiger partial charge in [-0.1, -0.05) is 18.2 Å². The summed E-state index contributed by atoms with van der Waals surface area (Å²) in [6.07, 6.45) is 0.897. The maximum Gasteiger partial charge on any atom is 0.241 e. The van der Waals surface area contributed by atoms with Crippen LogP contribution >= 0.6 is 0 Å². The predicted octanol–water partition coefficient (Wildman–Crippen LogP) is 3.23. The number of nitrogens with zero attached hydrogens (tertiary/aromatic N) is 1. The van der Waals surface area contributed by atoms with Crippen LogP contribution in [0.25, 0.3) is 0 Å². The van der Waals surface area contributed by atoms with Crippen molar-refractivity contribution in [2.24, 2.45) is 0 Å². The van der Waals surface area contributed by atoms with E-state index in [0.717, 1.165) is 45.5 Å². The molecule has 0 unspecified atom stereocenters. The van der Waals surface area contributed by atoms with Gasteiger partial charge in [0.05, 0.1) is 18.0 Å². The van der Waals surface area contributed by atoms with E-state index in [-0.39, 0.29) is 11.7 Å². The van der Waals surface area contributed by atoms with Crippen LogP contribution in [0, 0.1) is 25.5 Å². The fourth-order valence-corrected chi connectivity index (χ4v) is 3.42. The van der Waals surface area contributed by atoms with E-state index in [1.54, 1.807) is 6.92 Å². The van der Waals surface area contributed by atoms with Crippen LogP contribution in [0.3, 0.4) is 0 Å². The summed E-state index contributed by atoms with van der Waals surface area (Å²) < 4.78 is 51.4. The average Bonchev–Trinajstić information content (AvgIpc) is 2.56. The van der Waals surface area contributed by atoms with Crippen molar-refractivity contribution >= 4 is 21.6 Å². The number of hydrogen-bond donors (Lipinski definition) is 1. The number of nitrogens with one attached hydrogen (secondary N) is 1. The van der Waals surface area contributed by atoms with Gasteiger partial charge in [0, 0.05) is 6.07 Å². The van der Waals surface area contributed by atoms with Gasteiger partial charge in [-0.05, 0) is 49.6 Å². The van der Waals surface area contributed by atoms with E-state index in [9.17, 15) is 22.0 Å². The summed E-state index contributed by atoms with van der Waals surface area (Å²) in [6.45, 7) is 5.18. The molecular formula is C19H22F2N2O3S. The lowest BCUT2D eigenvalue weighted by Crippen LogP contribution is -2.41. The maximum atomic E-state index is 13.5. The number of carbonyl (C=O) groups is 1. The van der Waals surface area contributed by atoms with Crippen molar-refractivity contribution in [3.63, 3.8) is 0 Å². The summed E-state index contributed by atoms with van der Waals surface area (Å²) in [5.41, 5.74) is 2.96. The number of aryl methyl sites for hydroxylation is 2. The molecule has 0 saturated carbocycles. The lowest BCUT2D eigenvalue weighted by atomic mass is 10.0. The number of carbonyl (C=O) groups excluding carboxylic acids is 1. The molecule has 0 saturated heterocycles. The smallest absolute Gasteiger partial charge is 0.241 e. The maximum absolute atomic E-state index is 13.5. The molecule has 0 bridgehead atoms. The summed E-state index contributed by atoms with van der Waals surface area (Å²) in [5.74, 6) is -2.85. The Balaban J connectivity index is 2.18. The zero-order valence-electron chi connectivity index (χ0n) is 15.6. The second-order valence-electron chi connectivity index (χ2n) is 6.50. The zero-order chi connectivity index (χ0) is 20.4. The molecule has 0 radical (unpaired) electrons. The SMILES string of the molecule is Cc1ccc([C@@H](C)NC(=O)CN(c2ccc(F)c(F)c2)S(C)(=O)=O)cc1C. The zero-order valence-corrected chi connectivity index (χ0v) is 16.4. The quantitative estimate of drug-likeness (QED) is 0.815. The second kappa shape index (κ2) is 8.04. The minimum atomic E-state index is -3.87. The van der Waals surface area contributed by atoms with Crippen LogP contribution in [0.4, 0.5) is 14.5 Å². The van der Waals surface area contributed by atoms with Crippen LogP contribution in [0.1, 0.15) is 29.7 Å². The molecule has 0 aliphatic carbocycles. The van der Waals surface area contributed by atoms with Crippen molar-refractivity contribution in [2.75, 3.05) is 17.1 Å². The predicted molar refractivity (Wildman–Crippen MR) is 101 cm³/mol. The molecule has 5 nitrogen and oxygen atoms in total. The number of sulfonamides is 1. The van der Waals surface area contributed by atoms with Crippen LogP contribution in [-0.4, -0.2) is 27.1 Å². The van der Waals surface area contributed by atoms with Crippen LogP contribution in [0.15, 0.2) is 36.4 Å². The van der Waals surface area contributed by atoms with Gasteiger partial charge in [0.25, 0.3) is 0 Å². The second-order valence-corrected chi connectivity index (χ2v) is 8.41. The van der Waals surface area contributed by atoms with E-state index >= 15 is 0 Å².